The minimum Gasteiger partial charge on any atom is -0.198 e. The summed E-state index contributed by atoms with van der Waals surface area (Å²) in [7, 11) is 0. The highest BCUT2D eigenvalue weighted by Gasteiger charge is 2.32. The maximum atomic E-state index is 9.57. The Labute approximate surface area is 112 Å². The lowest BCUT2D eigenvalue weighted by atomic mass is 9.71. The Morgan fingerprint density at radius 2 is 1.94 bits per heavy atom. The summed E-state index contributed by atoms with van der Waals surface area (Å²) in [6, 6.07) is 11.2. The van der Waals surface area contributed by atoms with E-state index in [2.05, 4.69) is 35.7 Å². The van der Waals surface area contributed by atoms with Crippen LogP contribution in [-0.2, 0) is 6.42 Å². The van der Waals surface area contributed by atoms with Crippen molar-refractivity contribution in [2.24, 2.45) is 5.41 Å². The van der Waals surface area contributed by atoms with Gasteiger partial charge in [0.25, 0.3) is 0 Å². The average Bonchev–Trinajstić information content (AvgIpc) is 2.83. The zero-order valence-electron chi connectivity index (χ0n) is 10.5. The molecule has 1 fully saturated rings. The van der Waals surface area contributed by atoms with Gasteiger partial charge in [-0.2, -0.15) is 5.26 Å². The standard InChI is InChI=1S/C16H17NS/c17-12-16(8-4-1-5-9-16)10-13-11-18-15-7-3-2-6-14(13)15/h2-3,6-7,11H,1,4-5,8-10H2. The maximum absolute atomic E-state index is 9.57. The minimum atomic E-state index is -0.0951. The molecular weight excluding hydrogens is 238 g/mol. The summed E-state index contributed by atoms with van der Waals surface area (Å²) in [5.41, 5.74) is 1.28. The van der Waals surface area contributed by atoms with E-state index in [-0.39, 0.29) is 5.41 Å². The molecule has 0 saturated heterocycles. The second-order valence-electron chi connectivity index (χ2n) is 5.39. The van der Waals surface area contributed by atoms with Crippen LogP contribution < -0.4 is 0 Å². The fourth-order valence-electron chi connectivity index (χ4n) is 3.09. The van der Waals surface area contributed by atoms with Gasteiger partial charge in [-0.15, -0.1) is 11.3 Å². The van der Waals surface area contributed by atoms with E-state index in [9.17, 15) is 5.26 Å². The Hall–Kier alpha value is -1.33. The fourth-order valence-corrected chi connectivity index (χ4v) is 4.05. The van der Waals surface area contributed by atoms with Gasteiger partial charge in [0.15, 0.2) is 0 Å². The van der Waals surface area contributed by atoms with E-state index in [1.165, 1.54) is 34.9 Å². The number of fused-ring (bicyclic) bond motifs is 1. The van der Waals surface area contributed by atoms with Crippen molar-refractivity contribution < 1.29 is 0 Å². The van der Waals surface area contributed by atoms with Crippen molar-refractivity contribution in [1.29, 1.82) is 5.26 Å². The van der Waals surface area contributed by atoms with Crippen molar-refractivity contribution in [3.05, 3.63) is 35.2 Å². The van der Waals surface area contributed by atoms with Crippen LogP contribution in [-0.4, -0.2) is 0 Å². The molecule has 0 atom stereocenters. The Bertz CT molecular complexity index is 584. The molecule has 1 aromatic carbocycles. The van der Waals surface area contributed by atoms with Gasteiger partial charge in [-0.3, -0.25) is 0 Å². The van der Waals surface area contributed by atoms with Crippen molar-refractivity contribution in [3.63, 3.8) is 0 Å². The summed E-state index contributed by atoms with van der Waals surface area (Å²) in [5, 5.41) is 13.2. The van der Waals surface area contributed by atoms with E-state index in [0.29, 0.717) is 0 Å². The molecule has 2 aromatic rings. The highest BCUT2D eigenvalue weighted by Crippen LogP contribution is 2.40. The van der Waals surface area contributed by atoms with Crippen LogP contribution in [0.3, 0.4) is 0 Å². The second-order valence-corrected chi connectivity index (χ2v) is 6.30. The molecule has 92 valence electrons. The van der Waals surface area contributed by atoms with E-state index in [1.807, 2.05) is 0 Å². The van der Waals surface area contributed by atoms with E-state index in [1.54, 1.807) is 11.3 Å². The first kappa shape index (κ1) is 11.7. The fraction of sp³-hybridized carbons (Fsp3) is 0.438. The number of hydrogen-bond donors (Lipinski definition) is 0. The van der Waals surface area contributed by atoms with Crippen molar-refractivity contribution in [3.8, 4) is 6.07 Å². The highest BCUT2D eigenvalue weighted by molar-refractivity contribution is 7.17. The first-order chi connectivity index (χ1) is 8.83. The third-order valence-corrected chi connectivity index (χ3v) is 5.15. The van der Waals surface area contributed by atoms with Crippen LogP contribution in [0.25, 0.3) is 10.1 Å². The predicted molar refractivity (Wildman–Crippen MR) is 76.7 cm³/mol. The first-order valence-electron chi connectivity index (χ1n) is 6.69. The molecule has 18 heavy (non-hydrogen) atoms. The number of rotatable bonds is 2. The van der Waals surface area contributed by atoms with Crippen molar-refractivity contribution >= 4 is 21.4 Å². The summed E-state index contributed by atoms with van der Waals surface area (Å²) in [6.45, 7) is 0. The highest BCUT2D eigenvalue weighted by atomic mass is 32.1. The zero-order chi connectivity index (χ0) is 12.4. The monoisotopic (exact) mass is 255 g/mol. The molecule has 0 bridgehead atoms. The third-order valence-electron chi connectivity index (χ3n) is 4.14. The number of benzene rings is 1. The molecule has 0 N–H and O–H groups in total. The molecule has 3 rings (SSSR count). The van der Waals surface area contributed by atoms with Gasteiger partial charge in [0.1, 0.15) is 0 Å². The molecule has 0 amide bonds. The molecule has 0 aliphatic heterocycles. The van der Waals surface area contributed by atoms with E-state index >= 15 is 0 Å². The minimum absolute atomic E-state index is 0.0951. The van der Waals surface area contributed by atoms with E-state index in [0.717, 1.165) is 19.3 Å². The molecule has 1 aliphatic carbocycles. The summed E-state index contributed by atoms with van der Waals surface area (Å²) < 4.78 is 1.34. The first-order valence-corrected chi connectivity index (χ1v) is 7.57. The lowest BCUT2D eigenvalue weighted by molar-refractivity contribution is 0.266. The van der Waals surface area contributed by atoms with E-state index in [4.69, 9.17) is 0 Å². The number of nitriles is 1. The SMILES string of the molecule is N#CC1(Cc2csc3ccccc23)CCCCC1. The van der Waals surface area contributed by atoms with Crippen LogP contribution >= 0.6 is 11.3 Å². The van der Waals surface area contributed by atoms with Crippen molar-refractivity contribution in [2.75, 3.05) is 0 Å². The number of nitrogens with zero attached hydrogens (tertiary/aromatic N) is 1. The Morgan fingerprint density at radius 1 is 1.17 bits per heavy atom. The lowest BCUT2D eigenvalue weighted by Crippen LogP contribution is -2.24. The normalized spacial score (nSPS) is 18.6. The van der Waals surface area contributed by atoms with Crippen LogP contribution in [0.4, 0.5) is 0 Å². The molecule has 0 unspecified atom stereocenters. The summed E-state index contributed by atoms with van der Waals surface area (Å²) in [4.78, 5) is 0. The molecule has 1 aromatic heterocycles. The Balaban J connectivity index is 1.93. The molecular formula is C16H17NS. The average molecular weight is 255 g/mol. The molecule has 1 aliphatic rings. The zero-order valence-corrected chi connectivity index (χ0v) is 11.3. The van der Waals surface area contributed by atoms with Gasteiger partial charge in [-0.25, -0.2) is 0 Å². The molecule has 0 radical (unpaired) electrons. The van der Waals surface area contributed by atoms with Gasteiger partial charge in [0.2, 0.25) is 0 Å². The smallest absolute Gasteiger partial charge is 0.0693 e. The summed E-state index contributed by atoms with van der Waals surface area (Å²) in [6.07, 6.45) is 6.83. The van der Waals surface area contributed by atoms with Crippen LogP contribution in [0.5, 0.6) is 0 Å². The Morgan fingerprint density at radius 3 is 2.72 bits per heavy atom. The number of hydrogen-bond acceptors (Lipinski definition) is 2. The quantitative estimate of drug-likeness (QED) is 0.747. The number of thiophene rings is 1. The summed E-state index contributed by atoms with van der Waals surface area (Å²) >= 11 is 1.80. The van der Waals surface area contributed by atoms with Gasteiger partial charge in [-0.1, -0.05) is 37.5 Å². The van der Waals surface area contributed by atoms with E-state index < -0.39 is 0 Å². The van der Waals surface area contributed by atoms with Gasteiger partial charge in [0.05, 0.1) is 11.5 Å². The molecule has 2 heteroatoms. The Kier molecular flexibility index (Phi) is 3.09. The predicted octanol–water partition coefficient (Wildman–Crippen LogP) is 4.92. The van der Waals surface area contributed by atoms with Gasteiger partial charge < -0.3 is 0 Å². The van der Waals surface area contributed by atoms with Crippen LogP contribution in [0.15, 0.2) is 29.6 Å². The van der Waals surface area contributed by atoms with Crippen LogP contribution in [0.1, 0.15) is 37.7 Å². The third kappa shape index (κ3) is 2.04. The van der Waals surface area contributed by atoms with Crippen molar-refractivity contribution in [2.45, 2.75) is 38.5 Å². The topological polar surface area (TPSA) is 23.8 Å². The second kappa shape index (κ2) is 4.74. The molecule has 0 spiro atoms. The van der Waals surface area contributed by atoms with Crippen LogP contribution in [0.2, 0.25) is 0 Å². The molecule has 1 nitrogen and oxygen atoms in total. The van der Waals surface area contributed by atoms with Crippen molar-refractivity contribution in [1.82, 2.24) is 0 Å². The molecule has 1 saturated carbocycles. The van der Waals surface area contributed by atoms with Gasteiger partial charge in [0, 0.05) is 4.70 Å². The molecule has 1 heterocycles. The van der Waals surface area contributed by atoms with Gasteiger partial charge >= 0.3 is 0 Å². The maximum Gasteiger partial charge on any atom is 0.0693 e. The lowest BCUT2D eigenvalue weighted by Gasteiger charge is -2.30. The summed E-state index contributed by atoms with van der Waals surface area (Å²) in [5.74, 6) is 0. The van der Waals surface area contributed by atoms with Gasteiger partial charge in [-0.05, 0) is 41.7 Å². The largest absolute Gasteiger partial charge is 0.198 e. The van der Waals surface area contributed by atoms with Crippen LogP contribution in [0, 0.1) is 16.7 Å².